The van der Waals surface area contributed by atoms with Gasteiger partial charge in [-0.05, 0) is 29.5 Å². The summed E-state index contributed by atoms with van der Waals surface area (Å²) in [5.74, 6) is -0.821. The number of hydrogen-bond donors (Lipinski definition) is 0. The summed E-state index contributed by atoms with van der Waals surface area (Å²) in [7, 11) is 0. The Balaban J connectivity index is 1.47. The molecule has 0 unspecified atom stereocenters. The third kappa shape index (κ3) is 4.56. The summed E-state index contributed by atoms with van der Waals surface area (Å²) in [6.45, 7) is -0.152. The quantitative estimate of drug-likeness (QED) is 0.478. The van der Waals surface area contributed by atoms with E-state index in [-0.39, 0.29) is 31.2 Å². The van der Waals surface area contributed by atoms with Crippen LogP contribution < -0.4 is 0 Å². The van der Waals surface area contributed by atoms with Gasteiger partial charge in [0.2, 0.25) is 5.82 Å². The molecule has 0 aliphatic rings. The van der Waals surface area contributed by atoms with Crippen molar-refractivity contribution in [2.75, 3.05) is 6.61 Å². The third-order valence-corrected chi connectivity index (χ3v) is 3.53. The lowest BCUT2D eigenvalue weighted by atomic mass is 10.1. The van der Waals surface area contributed by atoms with Crippen molar-refractivity contribution in [3.8, 4) is 11.4 Å². The molecule has 0 fully saturated rings. The molecule has 0 aliphatic carbocycles. The second-order valence-corrected chi connectivity index (χ2v) is 5.42. The SMILES string of the molecule is O=C(CCn1nnc(-c2ccc(F)cc2)n1)OCC(=O)c1ccccc1. The summed E-state index contributed by atoms with van der Waals surface area (Å²) in [5, 5.41) is 11.8. The largest absolute Gasteiger partial charge is 0.457 e. The molecule has 0 bridgehead atoms. The van der Waals surface area contributed by atoms with Gasteiger partial charge in [0.1, 0.15) is 5.82 Å². The zero-order valence-corrected chi connectivity index (χ0v) is 13.7. The number of ether oxygens (including phenoxy) is 1. The van der Waals surface area contributed by atoms with E-state index >= 15 is 0 Å². The average molecular weight is 354 g/mol. The fraction of sp³-hybridized carbons (Fsp3) is 0.167. The number of nitrogens with zero attached hydrogens (tertiary/aromatic N) is 4. The lowest BCUT2D eigenvalue weighted by molar-refractivity contribution is -0.142. The monoisotopic (exact) mass is 354 g/mol. The van der Waals surface area contributed by atoms with E-state index < -0.39 is 5.97 Å². The van der Waals surface area contributed by atoms with Crippen molar-refractivity contribution in [3.63, 3.8) is 0 Å². The molecule has 1 heterocycles. The number of ketones is 1. The van der Waals surface area contributed by atoms with Crippen LogP contribution >= 0.6 is 0 Å². The number of aryl methyl sites for hydroxylation is 1. The Morgan fingerprint density at radius 3 is 2.50 bits per heavy atom. The number of halogens is 1. The van der Waals surface area contributed by atoms with Crippen LogP contribution in [0.5, 0.6) is 0 Å². The van der Waals surface area contributed by atoms with Gasteiger partial charge in [-0.1, -0.05) is 30.3 Å². The van der Waals surface area contributed by atoms with Crippen molar-refractivity contribution in [2.45, 2.75) is 13.0 Å². The van der Waals surface area contributed by atoms with E-state index in [1.807, 2.05) is 0 Å². The zero-order valence-electron chi connectivity index (χ0n) is 13.7. The van der Waals surface area contributed by atoms with Crippen LogP contribution in [0.25, 0.3) is 11.4 Å². The highest BCUT2D eigenvalue weighted by atomic mass is 19.1. The minimum Gasteiger partial charge on any atom is -0.457 e. The Morgan fingerprint density at radius 1 is 1.04 bits per heavy atom. The highest BCUT2D eigenvalue weighted by molar-refractivity contribution is 5.97. The summed E-state index contributed by atoms with van der Waals surface area (Å²) in [5.41, 5.74) is 1.11. The smallest absolute Gasteiger partial charge is 0.308 e. The lowest BCUT2D eigenvalue weighted by Gasteiger charge is -2.04. The van der Waals surface area contributed by atoms with Crippen LogP contribution in [0.3, 0.4) is 0 Å². The zero-order chi connectivity index (χ0) is 18.4. The van der Waals surface area contributed by atoms with Crippen LogP contribution in [0.4, 0.5) is 4.39 Å². The number of aromatic nitrogens is 4. The van der Waals surface area contributed by atoms with Crippen molar-refractivity contribution < 1.29 is 18.7 Å². The second-order valence-electron chi connectivity index (χ2n) is 5.42. The van der Waals surface area contributed by atoms with Crippen LogP contribution in [0, 0.1) is 5.82 Å². The van der Waals surface area contributed by atoms with E-state index in [4.69, 9.17) is 4.74 Å². The summed E-state index contributed by atoms with van der Waals surface area (Å²) in [4.78, 5) is 24.9. The fourth-order valence-electron chi connectivity index (χ4n) is 2.17. The maximum Gasteiger partial charge on any atom is 0.308 e. The number of carbonyl (C=O) groups excluding carboxylic acids is 2. The Kier molecular flexibility index (Phi) is 5.43. The van der Waals surface area contributed by atoms with Crippen LogP contribution in [-0.2, 0) is 16.1 Å². The van der Waals surface area contributed by atoms with Crippen molar-refractivity contribution in [1.29, 1.82) is 0 Å². The summed E-state index contributed by atoms with van der Waals surface area (Å²) in [6.07, 6.45) is 0.00128. The maximum atomic E-state index is 12.9. The lowest BCUT2D eigenvalue weighted by Crippen LogP contribution is -2.16. The van der Waals surface area contributed by atoms with Gasteiger partial charge in [0, 0.05) is 11.1 Å². The van der Waals surface area contributed by atoms with Gasteiger partial charge in [0.15, 0.2) is 12.4 Å². The van der Waals surface area contributed by atoms with Crippen molar-refractivity contribution in [2.24, 2.45) is 0 Å². The molecule has 0 amide bonds. The first kappa shape index (κ1) is 17.4. The predicted octanol–water partition coefficient (Wildman–Crippen LogP) is 2.30. The number of carbonyl (C=O) groups is 2. The summed E-state index contributed by atoms with van der Waals surface area (Å²) >= 11 is 0. The van der Waals surface area contributed by atoms with Gasteiger partial charge in [0.25, 0.3) is 0 Å². The maximum absolute atomic E-state index is 12.9. The average Bonchev–Trinajstić information content (AvgIpc) is 3.14. The molecule has 2 aromatic carbocycles. The highest BCUT2D eigenvalue weighted by Crippen LogP contribution is 2.13. The van der Waals surface area contributed by atoms with Crippen LogP contribution in [-0.4, -0.2) is 38.6 Å². The number of esters is 1. The molecule has 1 aromatic heterocycles. The molecular weight excluding hydrogens is 339 g/mol. The molecular formula is C18H15FN4O3. The molecule has 8 heteroatoms. The minimum absolute atomic E-state index is 0.00128. The molecule has 0 N–H and O–H groups in total. The standard InChI is InChI=1S/C18H15FN4O3/c19-15-8-6-14(7-9-15)18-20-22-23(21-18)11-10-17(25)26-12-16(24)13-4-2-1-3-5-13/h1-9H,10-12H2. The van der Waals surface area contributed by atoms with Gasteiger partial charge in [-0.25, -0.2) is 4.39 Å². The molecule has 0 spiro atoms. The van der Waals surface area contributed by atoms with Crippen LogP contribution in [0.15, 0.2) is 54.6 Å². The van der Waals surface area contributed by atoms with Gasteiger partial charge in [0.05, 0.1) is 13.0 Å². The van der Waals surface area contributed by atoms with Crippen molar-refractivity contribution in [1.82, 2.24) is 20.2 Å². The Labute approximate surface area is 148 Å². The van der Waals surface area contributed by atoms with Gasteiger partial charge in [-0.15, -0.1) is 10.2 Å². The number of benzene rings is 2. The molecule has 7 nitrogen and oxygen atoms in total. The van der Waals surface area contributed by atoms with Gasteiger partial charge < -0.3 is 4.74 Å². The van der Waals surface area contributed by atoms with Gasteiger partial charge in [-0.3, -0.25) is 9.59 Å². The Hall–Kier alpha value is -3.42. The molecule has 0 aliphatic heterocycles. The first-order valence-corrected chi connectivity index (χ1v) is 7.89. The Morgan fingerprint density at radius 2 is 1.77 bits per heavy atom. The molecule has 0 radical (unpaired) electrons. The molecule has 0 saturated heterocycles. The number of hydrogen-bond acceptors (Lipinski definition) is 6. The first-order valence-electron chi connectivity index (χ1n) is 7.89. The number of rotatable bonds is 7. The summed E-state index contributed by atoms with van der Waals surface area (Å²) < 4.78 is 17.9. The fourth-order valence-corrected chi connectivity index (χ4v) is 2.17. The van der Waals surface area contributed by atoms with E-state index in [0.29, 0.717) is 17.0 Å². The highest BCUT2D eigenvalue weighted by Gasteiger charge is 2.11. The van der Waals surface area contributed by atoms with E-state index in [2.05, 4.69) is 15.4 Å². The van der Waals surface area contributed by atoms with Crippen LogP contribution in [0.1, 0.15) is 16.8 Å². The second kappa shape index (κ2) is 8.11. The molecule has 132 valence electrons. The van der Waals surface area contributed by atoms with E-state index in [1.54, 1.807) is 42.5 Å². The van der Waals surface area contributed by atoms with Gasteiger partial charge in [-0.2, -0.15) is 4.80 Å². The van der Waals surface area contributed by atoms with Crippen molar-refractivity contribution in [3.05, 3.63) is 66.0 Å². The first-order chi connectivity index (χ1) is 12.6. The Bertz CT molecular complexity index is 894. The molecule has 3 aromatic rings. The van der Waals surface area contributed by atoms with Crippen molar-refractivity contribution >= 4 is 11.8 Å². The normalized spacial score (nSPS) is 10.5. The number of tetrazole rings is 1. The van der Waals surface area contributed by atoms with E-state index in [0.717, 1.165) is 0 Å². The van der Waals surface area contributed by atoms with E-state index in [9.17, 15) is 14.0 Å². The van der Waals surface area contributed by atoms with Gasteiger partial charge >= 0.3 is 5.97 Å². The molecule has 0 saturated carbocycles. The topological polar surface area (TPSA) is 87.0 Å². The summed E-state index contributed by atoms with van der Waals surface area (Å²) in [6, 6.07) is 14.3. The minimum atomic E-state index is -0.532. The predicted molar refractivity (Wildman–Crippen MR) is 89.6 cm³/mol. The molecule has 3 rings (SSSR count). The van der Waals surface area contributed by atoms with E-state index in [1.165, 1.54) is 16.9 Å². The van der Waals surface area contributed by atoms with Crippen LogP contribution in [0.2, 0.25) is 0 Å². The molecule has 26 heavy (non-hydrogen) atoms. The number of Topliss-reactive ketones (excluding diaryl/α,β-unsaturated/α-hetero) is 1. The molecule has 0 atom stereocenters. The third-order valence-electron chi connectivity index (χ3n) is 3.53.